The van der Waals surface area contributed by atoms with Crippen LogP contribution in [0.25, 0.3) is 5.69 Å². The Balaban J connectivity index is 1.83. The van der Waals surface area contributed by atoms with Crippen LogP contribution in [0.3, 0.4) is 0 Å². The maximum Gasteiger partial charge on any atom is 0.305 e. The van der Waals surface area contributed by atoms with Gasteiger partial charge in [-0.15, -0.1) is 0 Å². The van der Waals surface area contributed by atoms with Gasteiger partial charge in [0.05, 0.1) is 12.0 Å². The second-order valence-corrected chi connectivity index (χ2v) is 5.13. The molecule has 25 heavy (non-hydrogen) atoms. The zero-order valence-electron chi connectivity index (χ0n) is 13.2. The lowest BCUT2D eigenvalue weighted by molar-refractivity contribution is 0.0827. The quantitative estimate of drug-likeness (QED) is 0.698. The van der Waals surface area contributed by atoms with Crippen molar-refractivity contribution in [2.45, 2.75) is 6.92 Å². The lowest BCUT2D eigenvalue weighted by atomic mass is 10.3. The van der Waals surface area contributed by atoms with Crippen molar-refractivity contribution in [3.8, 4) is 5.69 Å². The lowest BCUT2D eigenvalue weighted by Gasteiger charge is -2.11. The molecule has 0 atom stereocenters. The Bertz CT molecular complexity index is 962. The Labute approximate surface area is 142 Å². The van der Waals surface area contributed by atoms with Gasteiger partial charge in [0.1, 0.15) is 0 Å². The van der Waals surface area contributed by atoms with E-state index < -0.39 is 17.2 Å². The Kier molecular flexibility index (Phi) is 4.42. The van der Waals surface area contributed by atoms with E-state index in [1.165, 1.54) is 29.1 Å². The monoisotopic (exact) mass is 338 g/mol. The maximum atomic E-state index is 12.2. The molecule has 0 spiro atoms. The van der Waals surface area contributed by atoms with Gasteiger partial charge in [-0.2, -0.15) is 5.10 Å². The van der Waals surface area contributed by atoms with E-state index in [0.717, 1.165) is 0 Å². The van der Waals surface area contributed by atoms with Crippen LogP contribution in [0.4, 0.5) is 0 Å². The lowest BCUT2D eigenvalue weighted by Crippen LogP contribution is -2.44. The number of rotatable bonds is 3. The number of nitrogens with one attached hydrogen (secondary N) is 2. The number of hydrogen-bond acceptors (Lipinski definition) is 5. The van der Waals surface area contributed by atoms with Gasteiger partial charge in [0.2, 0.25) is 5.43 Å². The Morgan fingerprint density at radius 3 is 2.44 bits per heavy atom. The van der Waals surface area contributed by atoms with Crippen LogP contribution >= 0.6 is 0 Å². The number of amides is 2. The molecule has 0 unspecified atom stereocenters. The molecule has 1 aromatic carbocycles. The van der Waals surface area contributed by atoms with Crippen molar-refractivity contribution in [1.82, 2.24) is 20.6 Å². The number of nitrogens with zero attached hydrogens (tertiary/aromatic N) is 2. The number of aryl methyl sites for hydroxylation is 1. The third-order valence-corrected chi connectivity index (χ3v) is 3.36. The van der Waals surface area contributed by atoms with Crippen molar-refractivity contribution in [2.24, 2.45) is 0 Å². The molecule has 2 N–H and O–H groups in total. The van der Waals surface area contributed by atoms with Gasteiger partial charge in [-0.05, 0) is 31.2 Å². The SMILES string of the molecule is Cc1cc(=O)c(C(=O)NNC(=O)c2ccco2)nn1-c1ccccc1. The van der Waals surface area contributed by atoms with E-state index in [9.17, 15) is 14.4 Å². The zero-order chi connectivity index (χ0) is 17.8. The number of furan rings is 1. The van der Waals surface area contributed by atoms with E-state index in [4.69, 9.17) is 4.42 Å². The van der Waals surface area contributed by atoms with Gasteiger partial charge in [-0.3, -0.25) is 25.2 Å². The largest absolute Gasteiger partial charge is 0.459 e. The molecule has 8 nitrogen and oxygen atoms in total. The number of aromatic nitrogens is 2. The summed E-state index contributed by atoms with van der Waals surface area (Å²) in [6.45, 7) is 1.71. The topological polar surface area (TPSA) is 106 Å². The number of carbonyl (C=O) groups excluding carboxylic acids is 2. The zero-order valence-corrected chi connectivity index (χ0v) is 13.2. The Morgan fingerprint density at radius 1 is 1.04 bits per heavy atom. The van der Waals surface area contributed by atoms with Crippen molar-refractivity contribution in [1.29, 1.82) is 0 Å². The van der Waals surface area contributed by atoms with Crippen molar-refractivity contribution in [2.75, 3.05) is 0 Å². The summed E-state index contributed by atoms with van der Waals surface area (Å²) in [4.78, 5) is 36.0. The van der Waals surface area contributed by atoms with Gasteiger partial charge in [-0.1, -0.05) is 18.2 Å². The molecule has 0 radical (unpaired) electrons. The van der Waals surface area contributed by atoms with E-state index in [1.54, 1.807) is 19.1 Å². The molecule has 0 aliphatic heterocycles. The van der Waals surface area contributed by atoms with Gasteiger partial charge in [0.25, 0.3) is 5.91 Å². The maximum absolute atomic E-state index is 12.2. The fraction of sp³-hybridized carbons (Fsp3) is 0.0588. The number of benzene rings is 1. The van der Waals surface area contributed by atoms with Gasteiger partial charge >= 0.3 is 5.91 Å². The number of hydrazine groups is 1. The Morgan fingerprint density at radius 2 is 1.76 bits per heavy atom. The van der Waals surface area contributed by atoms with Crippen molar-refractivity contribution < 1.29 is 14.0 Å². The Hall–Kier alpha value is -3.68. The van der Waals surface area contributed by atoms with Crippen LogP contribution in [0.2, 0.25) is 0 Å². The van der Waals surface area contributed by atoms with E-state index in [1.807, 2.05) is 18.2 Å². The summed E-state index contributed by atoms with van der Waals surface area (Å²) in [5, 5.41) is 4.10. The summed E-state index contributed by atoms with van der Waals surface area (Å²) in [7, 11) is 0. The van der Waals surface area contributed by atoms with Crippen LogP contribution in [0, 0.1) is 6.92 Å². The molecule has 2 amide bonds. The molecule has 2 heterocycles. The highest BCUT2D eigenvalue weighted by atomic mass is 16.3. The first kappa shape index (κ1) is 16.2. The fourth-order valence-corrected chi connectivity index (χ4v) is 2.18. The van der Waals surface area contributed by atoms with Gasteiger partial charge in [-0.25, -0.2) is 4.68 Å². The van der Waals surface area contributed by atoms with Crippen LogP contribution in [-0.2, 0) is 0 Å². The van der Waals surface area contributed by atoms with Crippen LogP contribution in [0.1, 0.15) is 26.7 Å². The first-order chi connectivity index (χ1) is 12.1. The number of carbonyl (C=O) groups is 2. The molecule has 0 aliphatic carbocycles. The molecule has 0 saturated carbocycles. The normalized spacial score (nSPS) is 10.3. The molecular weight excluding hydrogens is 324 g/mol. The second-order valence-electron chi connectivity index (χ2n) is 5.13. The highest BCUT2D eigenvalue weighted by Gasteiger charge is 2.17. The number of hydrogen-bond donors (Lipinski definition) is 2. The summed E-state index contributed by atoms with van der Waals surface area (Å²) in [6, 6.07) is 13.4. The third-order valence-electron chi connectivity index (χ3n) is 3.36. The second kappa shape index (κ2) is 6.83. The predicted octanol–water partition coefficient (Wildman–Crippen LogP) is 1.21. The summed E-state index contributed by atoms with van der Waals surface area (Å²) in [5.74, 6) is -1.44. The third kappa shape index (κ3) is 3.47. The molecule has 0 fully saturated rings. The van der Waals surface area contributed by atoms with E-state index in [-0.39, 0.29) is 11.5 Å². The molecule has 2 aromatic heterocycles. The van der Waals surface area contributed by atoms with Gasteiger partial charge in [0, 0.05) is 11.8 Å². The molecule has 0 aliphatic rings. The van der Waals surface area contributed by atoms with E-state index >= 15 is 0 Å². The summed E-state index contributed by atoms with van der Waals surface area (Å²) < 4.78 is 6.38. The van der Waals surface area contributed by atoms with Crippen LogP contribution < -0.4 is 16.3 Å². The van der Waals surface area contributed by atoms with Gasteiger partial charge in [0.15, 0.2) is 11.5 Å². The molecule has 8 heteroatoms. The van der Waals surface area contributed by atoms with Crippen LogP contribution in [0.5, 0.6) is 0 Å². The fourth-order valence-electron chi connectivity index (χ4n) is 2.18. The highest BCUT2D eigenvalue weighted by molar-refractivity contribution is 5.96. The molecule has 3 aromatic rings. The molecular formula is C17H14N4O4. The summed E-state index contributed by atoms with van der Waals surface area (Å²) in [5.41, 5.74) is 4.71. The van der Waals surface area contributed by atoms with E-state index in [0.29, 0.717) is 11.4 Å². The standard InChI is InChI=1S/C17H14N4O4/c1-11-10-13(22)15(20-21(11)12-6-3-2-4-7-12)17(24)19-18-16(23)14-8-5-9-25-14/h2-10H,1H3,(H,18,23)(H,19,24). The minimum Gasteiger partial charge on any atom is -0.459 e. The first-order valence-corrected chi connectivity index (χ1v) is 7.37. The first-order valence-electron chi connectivity index (χ1n) is 7.37. The van der Waals surface area contributed by atoms with E-state index in [2.05, 4.69) is 16.0 Å². The summed E-state index contributed by atoms with van der Waals surface area (Å²) >= 11 is 0. The van der Waals surface area contributed by atoms with Crippen molar-refractivity contribution in [3.05, 3.63) is 82.2 Å². The highest BCUT2D eigenvalue weighted by Crippen LogP contribution is 2.07. The van der Waals surface area contributed by atoms with Crippen LogP contribution in [0.15, 0.2) is 64.0 Å². The average Bonchev–Trinajstić information content (AvgIpc) is 3.15. The molecule has 126 valence electrons. The van der Waals surface area contributed by atoms with Crippen LogP contribution in [-0.4, -0.2) is 21.6 Å². The van der Waals surface area contributed by atoms with Crippen molar-refractivity contribution in [3.63, 3.8) is 0 Å². The minimum absolute atomic E-state index is 0.0267. The van der Waals surface area contributed by atoms with Gasteiger partial charge < -0.3 is 4.42 Å². The number of para-hydroxylation sites is 1. The van der Waals surface area contributed by atoms with Crippen molar-refractivity contribution >= 4 is 11.8 Å². The molecule has 0 saturated heterocycles. The smallest absolute Gasteiger partial charge is 0.305 e. The molecule has 0 bridgehead atoms. The predicted molar refractivity (Wildman–Crippen MR) is 88.2 cm³/mol. The minimum atomic E-state index is -0.824. The summed E-state index contributed by atoms with van der Waals surface area (Å²) in [6.07, 6.45) is 1.33. The average molecular weight is 338 g/mol. The molecule has 3 rings (SSSR count).